The van der Waals surface area contributed by atoms with Gasteiger partial charge in [0.25, 0.3) is 0 Å². The van der Waals surface area contributed by atoms with Crippen LogP contribution in [0.3, 0.4) is 0 Å². The highest BCUT2D eigenvalue weighted by molar-refractivity contribution is 6.30. The summed E-state index contributed by atoms with van der Waals surface area (Å²) in [6.07, 6.45) is 6.37. The van der Waals surface area contributed by atoms with E-state index in [2.05, 4.69) is 0 Å². The molecule has 0 radical (unpaired) electrons. The molecule has 3 rings (SSSR count). The van der Waals surface area contributed by atoms with Crippen molar-refractivity contribution in [1.82, 2.24) is 0 Å². The Morgan fingerprint density at radius 3 is 1.68 bits per heavy atom. The van der Waals surface area contributed by atoms with Crippen LogP contribution in [-0.4, -0.2) is 11.6 Å². The summed E-state index contributed by atoms with van der Waals surface area (Å²) in [7, 11) is 0. The lowest BCUT2D eigenvalue weighted by atomic mass is 9.90. The number of benzene rings is 2. The van der Waals surface area contributed by atoms with E-state index >= 15 is 0 Å². The first-order chi connectivity index (χ1) is 10.8. The van der Waals surface area contributed by atoms with E-state index < -0.39 is 0 Å². The highest BCUT2D eigenvalue weighted by Gasteiger charge is 2.18. The fourth-order valence-corrected chi connectivity index (χ4v) is 2.39. The number of rotatable bonds is 3. The molecule has 0 spiro atoms. The van der Waals surface area contributed by atoms with Gasteiger partial charge in [0.05, 0.1) is 0 Å². The van der Waals surface area contributed by atoms with Gasteiger partial charge in [-0.25, -0.2) is 0 Å². The maximum atomic E-state index is 12.9. The van der Waals surface area contributed by atoms with Gasteiger partial charge in [0.2, 0.25) is 0 Å². The third-order valence-corrected chi connectivity index (χ3v) is 3.47. The lowest BCUT2D eigenvalue weighted by Gasteiger charge is -2.12. The van der Waals surface area contributed by atoms with E-state index in [1.54, 1.807) is 24.3 Å². The van der Waals surface area contributed by atoms with Crippen LogP contribution in [-0.2, 0) is 4.79 Å². The Hall–Kier alpha value is -3.00. The number of Topliss-reactive ketones (excluding diaryl/α,β-unsaturated/α-hetero) is 1. The molecule has 0 fully saturated rings. The number of hydrogen-bond donors (Lipinski definition) is 0. The van der Waals surface area contributed by atoms with Gasteiger partial charge in [0, 0.05) is 11.1 Å². The molecule has 1 aliphatic rings. The minimum atomic E-state index is -0.0664. The quantitative estimate of drug-likeness (QED) is 0.631. The molecule has 2 aromatic rings. The Labute approximate surface area is 129 Å². The fourth-order valence-electron chi connectivity index (χ4n) is 2.39. The van der Waals surface area contributed by atoms with Crippen LogP contribution in [0.5, 0.6) is 0 Å². The van der Waals surface area contributed by atoms with Gasteiger partial charge >= 0.3 is 0 Å². The van der Waals surface area contributed by atoms with Crippen molar-refractivity contribution in [2.45, 2.75) is 0 Å². The van der Waals surface area contributed by atoms with E-state index in [1.807, 2.05) is 48.5 Å². The van der Waals surface area contributed by atoms with Crippen molar-refractivity contribution >= 4 is 17.1 Å². The molecule has 0 atom stereocenters. The van der Waals surface area contributed by atoms with E-state index in [9.17, 15) is 9.59 Å². The van der Waals surface area contributed by atoms with Crippen LogP contribution in [0.2, 0.25) is 0 Å². The first kappa shape index (κ1) is 14.0. The Kier molecular flexibility index (Phi) is 3.92. The zero-order valence-electron chi connectivity index (χ0n) is 11.9. The van der Waals surface area contributed by atoms with Crippen molar-refractivity contribution in [3.05, 3.63) is 102 Å². The normalized spacial score (nSPS) is 13.3. The molecule has 106 valence electrons. The molecule has 2 heteroatoms. The maximum absolute atomic E-state index is 12.9. The summed E-state index contributed by atoms with van der Waals surface area (Å²) >= 11 is 0. The van der Waals surface area contributed by atoms with Gasteiger partial charge in [0.1, 0.15) is 0 Å². The van der Waals surface area contributed by atoms with Crippen molar-refractivity contribution in [2.75, 3.05) is 0 Å². The first-order valence-electron chi connectivity index (χ1n) is 7.05. The number of allylic oxidation sites excluding steroid dienone is 6. The summed E-state index contributed by atoms with van der Waals surface area (Å²) < 4.78 is 0. The predicted octanol–water partition coefficient (Wildman–Crippen LogP) is 4.02. The molecule has 1 aliphatic carbocycles. The second kappa shape index (κ2) is 6.19. The van der Waals surface area contributed by atoms with Crippen LogP contribution in [0.25, 0.3) is 5.57 Å². The summed E-state index contributed by atoms with van der Waals surface area (Å²) in [6, 6.07) is 18.7. The second-order valence-electron chi connectivity index (χ2n) is 4.96. The lowest BCUT2D eigenvalue weighted by Crippen LogP contribution is -2.06. The summed E-state index contributed by atoms with van der Waals surface area (Å²) in [5.74, 6) is -0.117. The van der Waals surface area contributed by atoms with Crippen LogP contribution in [0, 0.1) is 0 Å². The van der Waals surface area contributed by atoms with Gasteiger partial charge in [-0.15, -0.1) is 0 Å². The molecule has 2 aromatic carbocycles. The molecule has 0 amide bonds. The standard InChI is InChI=1S/C20H14O2/c21-18-13-11-16(12-14-18)19(15-7-3-1-4-8-15)20(22)17-9-5-2-6-10-17/h1-14H. The molecule has 0 aliphatic heterocycles. The van der Waals surface area contributed by atoms with Crippen molar-refractivity contribution < 1.29 is 9.59 Å². The molecule has 22 heavy (non-hydrogen) atoms. The average Bonchev–Trinajstić information content (AvgIpc) is 2.58. The van der Waals surface area contributed by atoms with E-state index in [0.29, 0.717) is 11.1 Å². The van der Waals surface area contributed by atoms with E-state index in [0.717, 1.165) is 11.1 Å². The van der Waals surface area contributed by atoms with Crippen molar-refractivity contribution in [3.63, 3.8) is 0 Å². The smallest absolute Gasteiger partial charge is 0.194 e. The Bertz CT molecular complexity index is 776. The molecule has 0 bridgehead atoms. The monoisotopic (exact) mass is 286 g/mol. The minimum absolute atomic E-state index is 0.0505. The summed E-state index contributed by atoms with van der Waals surface area (Å²) in [6.45, 7) is 0. The van der Waals surface area contributed by atoms with Crippen molar-refractivity contribution in [1.29, 1.82) is 0 Å². The van der Waals surface area contributed by atoms with Crippen LogP contribution < -0.4 is 0 Å². The summed E-state index contributed by atoms with van der Waals surface area (Å²) in [5, 5.41) is 0. The lowest BCUT2D eigenvalue weighted by molar-refractivity contribution is -0.110. The zero-order chi connectivity index (χ0) is 15.4. The molecular weight excluding hydrogens is 272 g/mol. The van der Waals surface area contributed by atoms with Crippen LogP contribution >= 0.6 is 0 Å². The third kappa shape index (κ3) is 2.86. The van der Waals surface area contributed by atoms with Crippen LogP contribution in [0.1, 0.15) is 15.9 Å². The Morgan fingerprint density at radius 1 is 0.636 bits per heavy atom. The van der Waals surface area contributed by atoms with Crippen molar-refractivity contribution in [3.8, 4) is 0 Å². The maximum Gasteiger partial charge on any atom is 0.194 e. The molecule has 0 unspecified atom stereocenters. The number of hydrogen-bond acceptors (Lipinski definition) is 2. The molecule has 2 nitrogen and oxygen atoms in total. The number of carbonyl (C=O) groups is 2. The SMILES string of the molecule is O=C1C=CC(=C(C(=O)c2ccccc2)c2ccccc2)C=C1. The third-order valence-electron chi connectivity index (χ3n) is 3.47. The molecule has 0 saturated carbocycles. The molecule has 0 aromatic heterocycles. The number of ketones is 2. The molecule has 0 heterocycles. The van der Waals surface area contributed by atoms with Gasteiger partial charge in [-0.1, -0.05) is 72.8 Å². The van der Waals surface area contributed by atoms with Gasteiger partial charge in [0.15, 0.2) is 11.6 Å². The Morgan fingerprint density at radius 2 is 1.14 bits per heavy atom. The first-order valence-corrected chi connectivity index (χ1v) is 7.05. The average molecular weight is 286 g/mol. The van der Waals surface area contributed by atoms with Gasteiger partial charge in [-0.3, -0.25) is 9.59 Å². The zero-order valence-corrected chi connectivity index (χ0v) is 11.9. The van der Waals surface area contributed by atoms with E-state index in [1.165, 1.54) is 12.2 Å². The van der Waals surface area contributed by atoms with Gasteiger partial charge < -0.3 is 0 Å². The highest BCUT2D eigenvalue weighted by atomic mass is 16.1. The number of carbonyl (C=O) groups excluding carboxylic acids is 2. The largest absolute Gasteiger partial charge is 0.290 e. The predicted molar refractivity (Wildman–Crippen MR) is 87.4 cm³/mol. The van der Waals surface area contributed by atoms with Gasteiger partial charge in [-0.2, -0.15) is 0 Å². The van der Waals surface area contributed by atoms with Crippen LogP contribution in [0.4, 0.5) is 0 Å². The Balaban J connectivity index is 2.15. The molecule has 0 saturated heterocycles. The molecular formula is C20H14O2. The summed E-state index contributed by atoms with van der Waals surface area (Å²) in [5.41, 5.74) is 2.83. The minimum Gasteiger partial charge on any atom is -0.290 e. The highest BCUT2D eigenvalue weighted by Crippen LogP contribution is 2.26. The fraction of sp³-hybridized carbons (Fsp3) is 0. The van der Waals surface area contributed by atoms with E-state index in [-0.39, 0.29) is 11.6 Å². The van der Waals surface area contributed by atoms with E-state index in [4.69, 9.17) is 0 Å². The van der Waals surface area contributed by atoms with Crippen LogP contribution in [0.15, 0.2) is 90.5 Å². The van der Waals surface area contributed by atoms with Gasteiger partial charge in [-0.05, 0) is 23.3 Å². The summed E-state index contributed by atoms with van der Waals surface area (Å²) in [4.78, 5) is 24.2. The second-order valence-corrected chi connectivity index (χ2v) is 4.96. The van der Waals surface area contributed by atoms with Crippen molar-refractivity contribution in [2.24, 2.45) is 0 Å². The topological polar surface area (TPSA) is 34.1 Å². The molecule has 0 N–H and O–H groups in total.